The maximum Gasteiger partial charge on any atom is 0.408 e. The molecule has 0 spiro atoms. The van der Waals surface area contributed by atoms with Crippen molar-refractivity contribution in [2.45, 2.75) is 52.9 Å². The van der Waals surface area contributed by atoms with Gasteiger partial charge in [0.05, 0.1) is 6.17 Å². The van der Waals surface area contributed by atoms with E-state index in [-0.39, 0.29) is 18.4 Å². The summed E-state index contributed by atoms with van der Waals surface area (Å²) in [5.74, 6) is -0.00284. The van der Waals surface area contributed by atoms with Gasteiger partial charge < -0.3 is 21.1 Å². The lowest BCUT2D eigenvalue weighted by Gasteiger charge is -2.24. The summed E-state index contributed by atoms with van der Waals surface area (Å²) in [6.45, 7) is 7.94. The average molecular weight is 335 g/mol. The van der Waals surface area contributed by atoms with Gasteiger partial charge in [-0.25, -0.2) is 4.79 Å². The highest BCUT2D eigenvalue weighted by Crippen LogP contribution is 2.06. The molecule has 0 aliphatic carbocycles. The number of nitrogens with two attached hydrogens (primary N) is 1. The number of hydrogen-bond acceptors (Lipinski definition) is 4. The first kappa shape index (κ1) is 20.0. The number of carbonyl (C=O) groups excluding carboxylic acids is 2. The van der Waals surface area contributed by atoms with E-state index in [4.69, 9.17) is 10.5 Å². The first-order valence-electron chi connectivity index (χ1n) is 8.32. The molecule has 4 N–H and O–H groups in total. The minimum absolute atomic E-state index is 0.0828. The number of benzene rings is 1. The molecule has 0 aliphatic rings. The summed E-state index contributed by atoms with van der Waals surface area (Å²) in [5.41, 5.74) is 6.79. The Balaban J connectivity index is 2.52. The Kier molecular flexibility index (Phi) is 8.26. The van der Waals surface area contributed by atoms with Crippen LogP contribution in [0.5, 0.6) is 0 Å². The van der Waals surface area contributed by atoms with E-state index >= 15 is 0 Å². The zero-order chi connectivity index (χ0) is 18.1. The highest BCUT2D eigenvalue weighted by Gasteiger charge is 2.26. The van der Waals surface area contributed by atoms with Crippen molar-refractivity contribution in [3.05, 3.63) is 35.9 Å². The van der Waals surface area contributed by atoms with Crippen molar-refractivity contribution in [3.63, 3.8) is 0 Å². The van der Waals surface area contributed by atoms with Crippen LogP contribution in [-0.2, 0) is 16.1 Å². The lowest BCUT2D eigenvalue weighted by molar-refractivity contribution is -0.124. The third kappa shape index (κ3) is 7.46. The minimum atomic E-state index is -0.688. The van der Waals surface area contributed by atoms with Crippen LogP contribution in [0.2, 0.25) is 0 Å². The molecule has 0 heterocycles. The number of carbonyl (C=O) groups is 2. The van der Waals surface area contributed by atoms with Crippen LogP contribution in [0.4, 0.5) is 4.79 Å². The molecule has 2 amide bonds. The van der Waals surface area contributed by atoms with Gasteiger partial charge in [-0.3, -0.25) is 4.79 Å². The van der Waals surface area contributed by atoms with Gasteiger partial charge in [0.25, 0.3) is 0 Å². The standard InChI is InChI=1S/C18H29N3O3/c1-12(2)10-15(19)20-17(22)16(13(3)4)21-18(23)24-11-14-8-6-5-7-9-14/h5-9,12-13,15-16H,10-11,19H2,1-4H3,(H,20,22)(H,21,23)/t15?,16-/m0/s1. The third-order valence-corrected chi connectivity index (χ3v) is 3.49. The van der Waals surface area contributed by atoms with Crippen molar-refractivity contribution in [1.82, 2.24) is 10.6 Å². The van der Waals surface area contributed by atoms with Gasteiger partial charge >= 0.3 is 6.09 Å². The molecule has 0 radical (unpaired) electrons. The van der Waals surface area contributed by atoms with E-state index in [1.165, 1.54) is 0 Å². The van der Waals surface area contributed by atoms with E-state index in [1.807, 2.05) is 58.0 Å². The zero-order valence-corrected chi connectivity index (χ0v) is 14.9. The number of hydrogen-bond donors (Lipinski definition) is 3. The van der Waals surface area contributed by atoms with Crippen molar-refractivity contribution < 1.29 is 14.3 Å². The SMILES string of the molecule is CC(C)CC(N)NC(=O)[C@@H](NC(=O)OCc1ccccc1)C(C)C. The average Bonchev–Trinajstić information content (AvgIpc) is 2.50. The molecular formula is C18H29N3O3. The van der Waals surface area contributed by atoms with Crippen molar-refractivity contribution >= 4 is 12.0 Å². The van der Waals surface area contributed by atoms with Gasteiger partial charge in [0, 0.05) is 0 Å². The second kappa shape index (κ2) is 9.93. The third-order valence-electron chi connectivity index (χ3n) is 3.49. The molecular weight excluding hydrogens is 306 g/mol. The summed E-state index contributed by atoms with van der Waals surface area (Å²) >= 11 is 0. The van der Waals surface area contributed by atoms with Gasteiger partial charge in [-0.2, -0.15) is 0 Å². The van der Waals surface area contributed by atoms with Gasteiger partial charge in [-0.05, 0) is 23.8 Å². The molecule has 0 fully saturated rings. The predicted octanol–water partition coefficient (Wildman–Crippen LogP) is 2.38. The second-order valence-corrected chi connectivity index (χ2v) is 6.67. The Labute approximate surface area is 144 Å². The molecule has 0 saturated carbocycles. The fourth-order valence-electron chi connectivity index (χ4n) is 2.27. The van der Waals surface area contributed by atoms with Crippen molar-refractivity contribution in [1.29, 1.82) is 0 Å². The quantitative estimate of drug-likeness (QED) is 0.636. The molecule has 24 heavy (non-hydrogen) atoms. The Bertz CT molecular complexity index is 518. The highest BCUT2D eigenvalue weighted by atomic mass is 16.5. The first-order chi connectivity index (χ1) is 11.3. The molecule has 0 aliphatic heterocycles. The molecule has 134 valence electrons. The number of rotatable bonds is 8. The van der Waals surface area contributed by atoms with Crippen molar-refractivity contribution in [2.75, 3.05) is 0 Å². The van der Waals surface area contributed by atoms with E-state index < -0.39 is 18.3 Å². The Hall–Kier alpha value is -2.08. The zero-order valence-electron chi connectivity index (χ0n) is 14.9. The predicted molar refractivity (Wildman–Crippen MR) is 94.0 cm³/mol. The number of nitrogens with one attached hydrogen (secondary N) is 2. The first-order valence-corrected chi connectivity index (χ1v) is 8.32. The van der Waals surface area contributed by atoms with E-state index in [2.05, 4.69) is 10.6 Å². The molecule has 0 saturated heterocycles. The van der Waals surface area contributed by atoms with Gasteiger partial charge in [0.15, 0.2) is 0 Å². The van der Waals surface area contributed by atoms with Gasteiger partial charge in [0.1, 0.15) is 12.6 Å². The van der Waals surface area contributed by atoms with E-state index in [1.54, 1.807) is 0 Å². The van der Waals surface area contributed by atoms with Gasteiger partial charge in [-0.15, -0.1) is 0 Å². The maximum absolute atomic E-state index is 12.3. The number of ether oxygens (including phenoxy) is 1. The second-order valence-electron chi connectivity index (χ2n) is 6.67. The summed E-state index contributed by atoms with van der Waals surface area (Å²) in [7, 11) is 0. The summed E-state index contributed by atoms with van der Waals surface area (Å²) < 4.78 is 5.17. The fraction of sp³-hybridized carbons (Fsp3) is 0.556. The van der Waals surface area contributed by atoms with Gasteiger partial charge in [-0.1, -0.05) is 58.0 Å². The Morgan fingerprint density at radius 2 is 1.71 bits per heavy atom. The van der Waals surface area contributed by atoms with Crippen LogP contribution in [0.25, 0.3) is 0 Å². The van der Waals surface area contributed by atoms with Gasteiger partial charge in [0.2, 0.25) is 5.91 Å². The van der Waals surface area contributed by atoms with Crippen LogP contribution in [-0.4, -0.2) is 24.2 Å². The number of amides is 2. The monoisotopic (exact) mass is 335 g/mol. The molecule has 1 unspecified atom stereocenters. The van der Waals surface area contributed by atoms with Crippen LogP contribution >= 0.6 is 0 Å². The van der Waals surface area contributed by atoms with Crippen molar-refractivity contribution in [2.24, 2.45) is 17.6 Å². The maximum atomic E-state index is 12.3. The topological polar surface area (TPSA) is 93.5 Å². The highest BCUT2D eigenvalue weighted by molar-refractivity contribution is 5.86. The van der Waals surface area contributed by atoms with E-state index in [9.17, 15) is 9.59 Å². The minimum Gasteiger partial charge on any atom is -0.445 e. The molecule has 6 nitrogen and oxygen atoms in total. The Morgan fingerprint density at radius 3 is 2.25 bits per heavy atom. The molecule has 2 atom stereocenters. The van der Waals surface area contributed by atoms with Crippen LogP contribution in [0.15, 0.2) is 30.3 Å². The lowest BCUT2D eigenvalue weighted by Crippen LogP contribution is -2.54. The van der Waals surface area contributed by atoms with Crippen LogP contribution in [0.3, 0.4) is 0 Å². The van der Waals surface area contributed by atoms with E-state index in [0.717, 1.165) is 5.56 Å². The van der Waals surface area contributed by atoms with E-state index in [0.29, 0.717) is 12.3 Å². The smallest absolute Gasteiger partial charge is 0.408 e. The summed E-state index contributed by atoms with van der Waals surface area (Å²) in [5, 5.41) is 5.36. The van der Waals surface area contributed by atoms with Crippen molar-refractivity contribution in [3.8, 4) is 0 Å². The molecule has 6 heteroatoms. The van der Waals surface area contributed by atoms with Crippen LogP contribution in [0.1, 0.15) is 39.7 Å². The normalized spacial score (nSPS) is 13.5. The molecule has 1 rings (SSSR count). The fourth-order valence-corrected chi connectivity index (χ4v) is 2.27. The van der Waals surface area contributed by atoms with Crippen LogP contribution in [0, 0.1) is 11.8 Å². The summed E-state index contributed by atoms with van der Waals surface area (Å²) in [4.78, 5) is 24.3. The molecule has 1 aromatic rings. The summed E-state index contributed by atoms with van der Waals surface area (Å²) in [6.07, 6.45) is -0.374. The summed E-state index contributed by atoms with van der Waals surface area (Å²) in [6, 6.07) is 8.68. The Morgan fingerprint density at radius 1 is 1.08 bits per heavy atom. The lowest BCUT2D eigenvalue weighted by atomic mass is 10.0. The number of alkyl carbamates (subject to hydrolysis) is 1. The molecule has 0 aromatic heterocycles. The van der Waals surface area contributed by atoms with Crippen LogP contribution < -0.4 is 16.4 Å². The molecule has 0 bridgehead atoms. The molecule has 1 aromatic carbocycles. The largest absolute Gasteiger partial charge is 0.445 e.